The van der Waals surface area contributed by atoms with E-state index >= 15 is 0 Å². The van der Waals surface area contributed by atoms with Crippen molar-refractivity contribution >= 4 is 0 Å². The summed E-state index contributed by atoms with van der Waals surface area (Å²) in [6.45, 7) is 6.26. The molecule has 0 bridgehead atoms. The normalized spacial score (nSPS) is 11.5. The first-order chi connectivity index (χ1) is 10.7. The molecule has 0 saturated carbocycles. The van der Waals surface area contributed by atoms with Crippen molar-refractivity contribution in [3.63, 3.8) is 0 Å². The average molecular weight is 298 g/mol. The van der Waals surface area contributed by atoms with Crippen LogP contribution in [0.5, 0.6) is 0 Å². The van der Waals surface area contributed by atoms with Gasteiger partial charge in [0.15, 0.2) is 0 Å². The van der Waals surface area contributed by atoms with Gasteiger partial charge in [-0.3, -0.25) is 0 Å². The predicted octanol–water partition coefficient (Wildman–Crippen LogP) is 5.33. The summed E-state index contributed by atoms with van der Waals surface area (Å²) in [5, 5.41) is 0. The molecule has 3 nitrogen and oxygen atoms in total. The van der Waals surface area contributed by atoms with Crippen molar-refractivity contribution in [2.45, 2.75) is 46.0 Å². The summed E-state index contributed by atoms with van der Waals surface area (Å²) in [5.41, 5.74) is 0. The Balaban J connectivity index is 2.04. The van der Waals surface area contributed by atoms with Crippen molar-refractivity contribution in [2.24, 2.45) is 0 Å². The van der Waals surface area contributed by atoms with E-state index in [1.807, 2.05) is 36.4 Å². The van der Waals surface area contributed by atoms with Gasteiger partial charge in [-0.2, -0.15) is 0 Å². The molecule has 116 valence electrons. The number of aryl methyl sites for hydroxylation is 3. The summed E-state index contributed by atoms with van der Waals surface area (Å²) in [6, 6.07) is 12.1. The van der Waals surface area contributed by atoms with Crippen molar-refractivity contribution in [2.75, 3.05) is 0 Å². The predicted molar refractivity (Wildman–Crippen MR) is 85.2 cm³/mol. The van der Waals surface area contributed by atoms with Gasteiger partial charge >= 0.3 is 0 Å². The molecule has 0 spiro atoms. The molecule has 0 atom stereocenters. The zero-order valence-electron chi connectivity index (χ0n) is 13.4. The van der Waals surface area contributed by atoms with E-state index in [4.69, 9.17) is 13.3 Å². The highest BCUT2D eigenvalue weighted by Crippen LogP contribution is 2.35. The fraction of sp³-hybridized carbons (Fsp3) is 0.368. The Morgan fingerprint density at radius 3 is 1.14 bits per heavy atom. The van der Waals surface area contributed by atoms with Gasteiger partial charge in [-0.05, 0) is 36.4 Å². The molecule has 0 aliphatic carbocycles. The van der Waals surface area contributed by atoms with Gasteiger partial charge in [-0.15, -0.1) is 0 Å². The molecule has 0 unspecified atom stereocenters. The van der Waals surface area contributed by atoms with E-state index in [1.54, 1.807) is 0 Å². The van der Waals surface area contributed by atoms with Crippen molar-refractivity contribution in [3.8, 4) is 0 Å². The molecule has 0 N–H and O–H groups in total. The lowest BCUT2D eigenvalue weighted by atomic mass is 10.0. The van der Waals surface area contributed by atoms with E-state index in [0.29, 0.717) is 0 Å². The lowest BCUT2D eigenvalue weighted by Gasteiger charge is -2.10. The van der Waals surface area contributed by atoms with Gasteiger partial charge in [0.2, 0.25) is 0 Å². The lowest BCUT2D eigenvalue weighted by Crippen LogP contribution is -1.99. The summed E-state index contributed by atoms with van der Waals surface area (Å²) in [7, 11) is 0. The fourth-order valence-corrected chi connectivity index (χ4v) is 2.64. The summed E-state index contributed by atoms with van der Waals surface area (Å²) in [6.07, 6.45) is 2.64. The maximum atomic E-state index is 5.97. The molecular weight excluding hydrogens is 276 g/mol. The Morgan fingerprint density at radius 2 is 0.909 bits per heavy atom. The smallest absolute Gasteiger partial charge is 0.133 e. The van der Waals surface area contributed by atoms with Crippen LogP contribution in [-0.4, -0.2) is 0 Å². The molecule has 3 heterocycles. The minimum absolute atomic E-state index is 0.124. The molecule has 0 aliphatic rings. The van der Waals surface area contributed by atoms with Crippen LogP contribution in [-0.2, 0) is 19.3 Å². The monoisotopic (exact) mass is 298 g/mol. The Bertz CT molecular complexity index is 629. The third-order valence-corrected chi connectivity index (χ3v) is 3.95. The van der Waals surface area contributed by atoms with Gasteiger partial charge in [-0.1, -0.05) is 20.8 Å². The van der Waals surface area contributed by atoms with Gasteiger partial charge in [0.1, 0.15) is 40.5 Å². The number of hydrogen-bond acceptors (Lipinski definition) is 3. The summed E-state index contributed by atoms with van der Waals surface area (Å²) >= 11 is 0. The number of rotatable bonds is 6. The van der Waals surface area contributed by atoms with Crippen LogP contribution in [0.2, 0.25) is 0 Å². The number of furan rings is 3. The van der Waals surface area contributed by atoms with Gasteiger partial charge in [0.25, 0.3) is 0 Å². The molecule has 3 heteroatoms. The third-order valence-electron chi connectivity index (χ3n) is 3.95. The van der Waals surface area contributed by atoms with E-state index in [-0.39, 0.29) is 5.92 Å². The molecule has 0 aliphatic heterocycles. The summed E-state index contributed by atoms with van der Waals surface area (Å²) in [4.78, 5) is 0. The minimum atomic E-state index is -0.124. The van der Waals surface area contributed by atoms with Crippen molar-refractivity contribution in [3.05, 3.63) is 71.0 Å². The maximum Gasteiger partial charge on any atom is 0.133 e. The average Bonchev–Trinajstić information content (AvgIpc) is 3.28. The third kappa shape index (κ3) is 2.76. The van der Waals surface area contributed by atoms with E-state index in [0.717, 1.165) is 53.8 Å². The molecule has 0 fully saturated rings. The molecule has 0 amide bonds. The Morgan fingerprint density at radius 1 is 0.591 bits per heavy atom. The molecule has 3 aromatic rings. The molecule has 22 heavy (non-hydrogen) atoms. The second-order valence-corrected chi connectivity index (χ2v) is 5.41. The van der Waals surface area contributed by atoms with Crippen LogP contribution in [0.25, 0.3) is 0 Å². The summed E-state index contributed by atoms with van der Waals surface area (Å²) < 4.78 is 17.9. The zero-order chi connectivity index (χ0) is 15.5. The Labute approximate surface area is 130 Å². The van der Waals surface area contributed by atoms with Crippen LogP contribution in [0.15, 0.2) is 49.6 Å². The fourth-order valence-electron chi connectivity index (χ4n) is 2.64. The quantitative estimate of drug-likeness (QED) is 0.617. The first kappa shape index (κ1) is 14.8. The van der Waals surface area contributed by atoms with Crippen LogP contribution in [0, 0.1) is 0 Å². The largest absolute Gasteiger partial charge is 0.465 e. The van der Waals surface area contributed by atoms with E-state index in [2.05, 4.69) is 20.8 Å². The van der Waals surface area contributed by atoms with Crippen molar-refractivity contribution in [1.29, 1.82) is 0 Å². The van der Waals surface area contributed by atoms with Crippen LogP contribution in [0.4, 0.5) is 0 Å². The molecule has 0 aromatic carbocycles. The molecule has 3 rings (SSSR count). The molecule has 0 saturated heterocycles. The number of hydrogen-bond donors (Lipinski definition) is 0. The van der Waals surface area contributed by atoms with Crippen molar-refractivity contribution < 1.29 is 13.3 Å². The zero-order valence-corrected chi connectivity index (χ0v) is 13.4. The van der Waals surface area contributed by atoms with Crippen LogP contribution in [0.3, 0.4) is 0 Å². The SMILES string of the molecule is CCc1ccc(C(c2ccc(CC)o2)c2ccc(CC)o2)o1. The molecular formula is C19H22O3. The highest BCUT2D eigenvalue weighted by Gasteiger charge is 2.26. The van der Waals surface area contributed by atoms with E-state index in [9.17, 15) is 0 Å². The molecule has 0 radical (unpaired) electrons. The lowest BCUT2D eigenvalue weighted by molar-refractivity contribution is 0.378. The topological polar surface area (TPSA) is 39.4 Å². The second-order valence-electron chi connectivity index (χ2n) is 5.41. The van der Waals surface area contributed by atoms with Crippen LogP contribution < -0.4 is 0 Å². The maximum absolute atomic E-state index is 5.97. The highest BCUT2D eigenvalue weighted by molar-refractivity contribution is 5.32. The van der Waals surface area contributed by atoms with Gasteiger partial charge in [0, 0.05) is 19.3 Å². The highest BCUT2D eigenvalue weighted by atomic mass is 16.4. The summed E-state index contributed by atoms with van der Waals surface area (Å²) in [5.74, 6) is 5.40. The van der Waals surface area contributed by atoms with Crippen molar-refractivity contribution in [1.82, 2.24) is 0 Å². The second kappa shape index (κ2) is 6.30. The van der Waals surface area contributed by atoms with Gasteiger partial charge in [0.05, 0.1) is 0 Å². The minimum Gasteiger partial charge on any atom is -0.465 e. The van der Waals surface area contributed by atoms with E-state index in [1.165, 1.54) is 0 Å². The first-order valence-corrected chi connectivity index (χ1v) is 8.00. The van der Waals surface area contributed by atoms with Gasteiger partial charge in [-0.25, -0.2) is 0 Å². The molecule has 3 aromatic heterocycles. The Hall–Kier alpha value is -2.16. The van der Waals surface area contributed by atoms with Crippen LogP contribution >= 0.6 is 0 Å². The van der Waals surface area contributed by atoms with Crippen LogP contribution in [0.1, 0.15) is 61.3 Å². The van der Waals surface area contributed by atoms with Gasteiger partial charge < -0.3 is 13.3 Å². The Kier molecular flexibility index (Phi) is 4.23. The van der Waals surface area contributed by atoms with E-state index < -0.39 is 0 Å². The first-order valence-electron chi connectivity index (χ1n) is 8.00. The standard InChI is InChI=1S/C19H22O3/c1-4-13-7-10-16(20-13)19(17-11-8-14(5-2)21-17)18-12-9-15(6-3)22-18/h7-12,19H,4-6H2,1-3H3.